The topological polar surface area (TPSA) is 62.3 Å². The van der Waals surface area contributed by atoms with Gasteiger partial charge in [0.05, 0.1) is 13.2 Å². The Kier molecular flexibility index (Phi) is 7.15. The Morgan fingerprint density at radius 1 is 1.11 bits per heavy atom. The molecule has 204 valence electrons. The Balaban J connectivity index is 1.13. The first-order valence-corrected chi connectivity index (χ1v) is 16.2. The molecular formula is C28H38FIN3O4-. The van der Waals surface area contributed by atoms with Crippen molar-refractivity contribution in [2.75, 3.05) is 37.7 Å². The zero-order valence-corrected chi connectivity index (χ0v) is 24.0. The van der Waals surface area contributed by atoms with Crippen molar-refractivity contribution in [3.8, 4) is 0 Å². The minimum atomic E-state index is -0.427. The Morgan fingerprint density at radius 2 is 1.84 bits per heavy atom. The quantitative estimate of drug-likeness (QED) is 0.220. The summed E-state index contributed by atoms with van der Waals surface area (Å²) < 4.78 is 26.5. The first kappa shape index (κ1) is 25.8. The summed E-state index contributed by atoms with van der Waals surface area (Å²) in [6.07, 6.45) is 6.40. The van der Waals surface area contributed by atoms with Crippen LogP contribution in [0.2, 0.25) is 0 Å². The number of benzene rings is 1. The number of alkyl halides is 1. The van der Waals surface area contributed by atoms with Crippen LogP contribution in [-0.4, -0.2) is 80.8 Å². The molecule has 6 rings (SSSR count). The third-order valence-electron chi connectivity index (χ3n) is 9.15. The van der Waals surface area contributed by atoms with E-state index in [-0.39, 0.29) is 23.4 Å². The van der Waals surface area contributed by atoms with Crippen molar-refractivity contribution in [2.24, 2.45) is 0 Å². The van der Waals surface area contributed by atoms with Gasteiger partial charge in [0.15, 0.2) is 0 Å². The number of fused-ring (bicyclic) bond motifs is 4. The number of carbonyl (C=O) groups is 2. The van der Waals surface area contributed by atoms with Gasteiger partial charge in [-0.3, -0.25) is 0 Å². The van der Waals surface area contributed by atoms with Crippen molar-refractivity contribution >= 4 is 15.7 Å². The van der Waals surface area contributed by atoms with E-state index >= 15 is 0 Å². The van der Waals surface area contributed by atoms with Gasteiger partial charge in [0.2, 0.25) is 0 Å². The fourth-order valence-electron chi connectivity index (χ4n) is 7.34. The summed E-state index contributed by atoms with van der Waals surface area (Å²) in [5, 5.41) is 0. The number of halogens is 2. The predicted octanol–water partition coefficient (Wildman–Crippen LogP) is 1.52. The van der Waals surface area contributed by atoms with Gasteiger partial charge in [-0.2, -0.15) is 0 Å². The number of rotatable bonds is 4. The van der Waals surface area contributed by atoms with Gasteiger partial charge in [-0.1, -0.05) is 0 Å². The van der Waals surface area contributed by atoms with E-state index in [0.717, 1.165) is 69.3 Å². The van der Waals surface area contributed by atoms with Crippen molar-refractivity contribution < 1.29 is 44.7 Å². The molecule has 0 radical (unpaired) electrons. The van der Waals surface area contributed by atoms with Crippen LogP contribution in [-0.2, 0) is 14.9 Å². The number of likely N-dealkylation sites (tertiary alicyclic amines) is 1. The van der Waals surface area contributed by atoms with Gasteiger partial charge in [0, 0.05) is 6.42 Å². The summed E-state index contributed by atoms with van der Waals surface area (Å²) >= 11 is -0.427. The predicted molar refractivity (Wildman–Crippen MR) is 134 cm³/mol. The molecule has 0 saturated carbocycles. The standard InChI is InChI=1S/C28H38FIN3O4/c1-18(2)30-26(34)33-20-4-5-21(33)15-22(14-20)31-10-8-28(9-11-31)17-32(25-6-3-19(29)13-24(25)28)27(35)37-23-7-12-36-16-23/h3,6,13,18,20-23H,4-5,7-12,14-17H2,1-2H3/q-1/t20?,21?,22?,23-/m1/s1. The molecule has 5 aliphatic rings. The van der Waals surface area contributed by atoms with Gasteiger partial charge >= 0.3 is 179 Å². The molecular weight excluding hydrogens is 588 g/mol. The summed E-state index contributed by atoms with van der Waals surface area (Å²) in [6, 6.07) is 6.13. The average molecular weight is 627 g/mol. The van der Waals surface area contributed by atoms with Crippen molar-refractivity contribution in [3.63, 3.8) is 0 Å². The molecule has 0 N–H and O–H groups in total. The molecule has 5 heterocycles. The SMILES string of the molecule is CC(C)[I-]C(=O)N1C2CCC1CC(N1CCC3(CC1)CN(C(=O)O[C@@H]1CCOC1)c1ccc(F)cc13)C2. The molecule has 2 amide bonds. The van der Waals surface area contributed by atoms with Crippen LogP contribution in [0.3, 0.4) is 0 Å². The van der Waals surface area contributed by atoms with Crippen molar-refractivity contribution in [1.82, 2.24) is 9.80 Å². The monoisotopic (exact) mass is 626 g/mol. The van der Waals surface area contributed by atoms with Gasteiger partial charge in [-0.05, 0) is 6.07 Å². The van der Waals surface area contributed by atoms with Gasteiger partial charge in [0.25, 0.3) is 0 Å². The minimum absolute atomic E-state index is 0.203. The molecule has 9 heteroatoms. The van der Waals surface area contributed by atoms with E-state index in [1.54, 1.807) is 17.0 Å². The van der Waals surface area contributed by atoms with Crippen LogP contribution in [0.25, 0.3) is 0 Å². The second kappa shape index (κ2) is 10.3. The molecule has 4 fully saturated rings. The van der Waals surface area contributed by atoms with Crippen LogP contribution >= 0.6 is 0 Å². The summed E-state index contributed by atoms with van der Waals surface area (Å²) in [7, 11) is 0. The summed E-state index contributed by atoms with van der Waals surface area (Å²) in [6.45, 7) is 7.82. The average Bonchev–Trinajstić information content (AvgIpc) is 3.55. The van der Waals surface area contributed by atoms with Crippen LogP contribution in [0.5, 0.6) is 0 Å². The number of piperidine rings is 2. The van der Waals surface area contributed by atoms with Gasteiger partial charge < -0.3 is 9.47 Å². The van der Waals surface area contributed by atoms with Gasteiger partial charge in [0.1, 0.15) is 6.10 Å². The van der Waals surface area contributed by atoms with Crippen molar-refractivity contribution in [1.29, 1.82) is 0 Å². The number of hydrogen-bond donors (Lipinski definition) is 0. The zero-order chi connectivity index (χ0) is 25.7. The molecule has 1 aromatic carbocycles. The van der Waals surface area contributed by atoms with E-state index in [1.807, 2.05) is 0 Å². The van der Waals surface area contributed by atoms with E-state index in [9.17, 15) is 14.0 Å². The molecule has 5 aliphatic heterocycles. The molecule has 2 bridgehead atoms. The van der Waals surface area contributed by atoms with Crippen LogP contribution in [0.1, 0.15) is 64.4 Å². The van der Waals surface area contributed by atoms with E-state index in [2.05, 4.69) is 23.6 Å². The number of anilines is 1. The van der Waals surface area contributed by atoms with Crippen LogP contribution in [0, 0.1) is 5.82 Å². The summed E-state index contributed by atoms with van der Waals surface area (Å²) in [5.74, 6) is -0.252. The number of nitrogens with zero attached hydrogens (tertiary/aromatic N) is 3. The van der Waals surface area contributed by atoms with Gasteiger partial charge in [-0.15, -0.1) is 0 Å². The molecule has 0 aromatic heterocycles. The Morgan fingerprint density at radius 3 is 2.49 bits per heavy atom. The molecule has 1 spiro atoms. The van der Waals surface area contributed by atoms with Crippen molar-refractivity contribution in [2.45, 2.75) is 92.4 Å². The number of amides is 2. The molecule has 2 unspecified atom stereocenters. The second-order valence-electron chi connectivity index (χ2n) is 11.7. The third-order valence-corrected chi connectivity index (χ3v) is 11.5. The van der Waals surface area contributed by atoms with Crippen LogP contribution < -0.4 is 26.1 Å². The Hall–Kier alpha value is -1.46. The molecule has 1 aromatic rings. The Bertz CT molecular complexity index is 1030. The molecule has 3 atom stereocenters. The Labute approximate surface area is 229 Å². The molecule has 7 nitrogen and oxygen atoms in total. The molecule has 4 saturated heterocycles. The van der Waals surface area contributed by atoms with E-state index < -0.39 is 21.2 Å². The summed E-state index contributed by atoms with van der Waals surface area (Å²) in [5.41, 5.74) is 1.50. The maximum absolute atomic E-state index is 14.4. The molecule has 37 heavy (non-hydrogen) atoms. The normalized spacial score (nSPS) is 30.9. The van der Waals surface area contributed by atoms with Gasteiger partial charge in [-0.25, -0.2) is 9.18 Å². The number of carbonyl (C=O) groups excluding carboxylic acids is 2. The van der Waals surface area contributed by atoms with Crippen LogP contribution in [0.4, 0.5) is 19.7 Å². The van der Waals surface area contributed by atoms with Crippen LogP contribution in [0.15, 0.2) is 18.2 Å². The fourth-order valence-corrected chi connectivity index (χ4v) is 9.51. The molecule has 0 aliphatic carbocycles. The van der Waals surface area contributed by atoms with E-state index in [1.165, 1.54) is 6.07 Å². The first-order valence-electron chi connectivity index (χ1n) is 13.9. The fraction of sp³-hybridized carbons (Fsp3) is 0.714. The third kappa shape index (κ3) is 4.88. The van der Waals surface area contributed by atoms with E-state index in [0.29, 0.717) is 45.7 Å². The first-order chi connectivity index (χ1) is 17.8. The van der Waals surface area contributed by atoms with Crippen molar-refractivity contribution in [3.05, 3.63) is 29.6 Å². The number of hydrogen-bond acceptors (Lipinski definition) is 5. The van der Waals surface area contributed by atoms with E-state index in [4.69, 9.17) is 9.47 Å². The second-order valence-corrected chi connectivity index (χ2v) is 15.8. The zero-order valence-electron chi connectivity index (χ0n) is 21.8. The maximum atomic E-state index is 14.4. The summed E-state index contributed by atoms with van der Waals surface area (Å²) in [4.78, 5) is 32.7. The number of ether oxygens (including phenoxy) is 2.